The van der Waals surface area contributed by atoms with Gasteiger partial charge in [0.25, 0.3) is 5.91 Å². The molecule has 0 saturated carbocycles. The lowest BCUT2D eigenvalue weighted by Gasteiger charge is -2.27. The molecule has 2 aromatic heterocycles. The third-order valence-corrected chi connectivity index (χ3v) is 6.31. The van der Waals surface area contributed by atoms with Gasteiger partial charge in [0.15, 0.2) is 5.76 Å². The molecule has 0 saturated heterocycles. The molecule has 0 fully saturated rings. The number of aryl methyl sites for hydroxylation is 3. The lowest BCUT2D eigenvalue weighted by Crippen LogP contribution is -2.38. The van der Waals surface area contributed by atoms with Crippen molar-refractivity contribution in [1.29, 1.82) is 0 Å². The first kappa shape index (κ1) is 21.3. The van der Waals surface area contributed by atoms with Crippen LogP contribution in [0, 0.1) is 20.8 Å². The third-order valence-electron chi connectivity index (χ3n) is 5.24. The molecule has 3 rings (SSSR count). The van der Waals surface area contributed by atoms with Gasteiger partial charge in [0, 0.05) is 13.1 Å². The standard InChI is InChI=1S/C21H27N3O4S/c1-6-23(7-2)10-11-24-17(15-9-8-12(3)28-15)16(19(26)21(24)27)18(25)20-13(4)22-14(5)29-20/h8-9,17,26H,6-7,10-11H2,1-5H3. The molecule has 1 N–H and O–H groups in total. The number of Topliss-reactive ketones (excluding diaryl/α,β-unsaturated/α-hetero) is 1. The minimum Gasteiger partial charge on any atom is -0.503 e. The maximum Gasteiger partial charge on any atom is 0.290 e. The van der Waals surface area contributed by atoms with Crippen LogP contribution in [0.1, 0.15) is 51.8 Å². The Balaban J connectivity index is 2.01. The van der Waals surface area contributed by atoms with E-state index in [1.165, 1.54) is 16.2 Å². The summed E-state index contributed by atoms with van der Waals surface area (Å²) in [5.74, 6) is -0.262. The summed E-state index contributed by atoms with van der Waals surface area (Å²) in [7, 11) is 0. The molecule has 2 aromatic rings. The molecule has 156 valence electrons. The summed E-state index contributed by atoms with van der Waals surface area (Å²) in [4.78, 5) is 34.7. The Labute approximate surface area is 174 Å². The van der Waals surface area contributed by atoms with Gasteiger partial charge < -0.3 is 19.3 Å². The van der Waals surface area contributed by atoms with Crippen molar-refractivity contribution < 1.29 is 19.1 Å². The SMILES string of the molecule is CCN(CC)CCN1C(=O)C(O)=C(C(=O)c2sc(C)nc2C)C1c1ccc(C)o1. The van der Waals surface area contributed by atoms with Crippen molar-refractivity contribution in [2.45, 2.75) is 40.7 Å². The van der Waals surface area contributed by atoms with Crippen LogP contribution in [0.3, 0.4) is 0 Å². The van der Waals surface area contributed by atoms with Gasteiger partial charge in [-0.1, -0.05) is 13.8 Å². The van der Waals surface area contributed by atoms with E-state index in [1.807, 2.05) is 13.8 Å². The van der Waals surface area contributed by atoms with E-state index in [2.05, 4.69) is 23.7 Å². The topological polar surface area (TPSA) is 86.9 Å². The zero-order valence-electron chi connectivity index (χ0n) is 17.5. The molecule has 0 spiro atoms. The van der Waals surface area contributed by atoms with Crippen LogP contribution in [0.4, 0.5) is 0 Å². The second kappa shape index (κ2) is 8.51. The van der Waals surface area contributed by atoms with Gasteiger partial charge in [-0.2, -0.15) is 0 Å². The highest BCUT2D eigenvalue weighted by atomic mass is 32.1. The molecule has 7 nitrogen and oxygen atoms in total. The third kappa shape index (κ3) is 4.00. The summed E-state index contributed by atoms with van der Waals surface area (Å²) < 4.78 is 5.79. The summed E-state index contributed by atoms with van der Waals surface area (Å²) in [6.45, 7) is 12.2. The van der Waals surface area contributed by atoms with Crippen LogP contribution >= 0.6 is 11.3 Å². The summed E-state index contributed by atoms with van der Waals surface area (Å²) in [5, 5.41) is 11.4. The van der Waals surface area contributed by atoms with Gasteiger partial charge in [0.2, 0.25) is 5.78 Å². The van der Waals surface area contributed by atoms with Crippen molar-refractivity contribution >= 4 is 23.0 Å². The number of amides is 1. The molecule has 1 aliphatic rings. The minimum atomic E-state index is -0.749. The number of nitrogens with zero attached hydrogens (tertiary/aromatic N) is 3. The Bertz CT molecular complexity index is 955. The summed E-state index contributed by atoms with van der Waals surface area (Å²) >= 11 is 1.27. The number of aromatic nitrogens is 1. The van der Waals surface area contributed by atoms with E-state index in [1.54, 1.807) is 19.1 Å². The van der Waals surface area contributed by atoms with Crippen LogP contribution in [0.2, 0.25) is 0 Å². The van der Waals surface area contributed by atoms with E-state index < -0.39 is 17.7 Å². The molecule has 29 heavy (non-hydrogen) atoms. The van der Waals surface area contributed by atoms with E-state index in [4.69, 9.17) is 4.42 Å². The van der Waals surface area contributed by atoms with E-state index in [0.717, 1.165) is 18.1 Å². The summed E-state index contributed by atoms with van der Waals surface area (Å²) in [5.41, 5.74) is 0.664. The first-order valence-corrected chi connectivity index (χ1v) is 10.6. The largest absolute Gasteiger partial charge is 0.503 e. The average Bonchev–Trinajstić information content (AvgIpc) is 3.33. The number of carbonyl (C=O) groups excluding carboxylic acids is 2. The second-order valence-electron chi connectivity index (χ2n) is 7.12. The maximum atomic E-state index is 13.3. The average molecular weight is 418 g/mol. The Morgan fingerprint density at radius 1 is 1.28 bits per heavy atom. The number of carbonyl (C=O) groups is 2. The van der Waals surface area contributed by atoms with Crippen LogP contribution < -0.4 is 0 Å². The van der Waals surface area contributed by atoms with E-state index >= 15 is 0 Å². The van der Waals surface area contributed by atoms with Crippen molar-refractivity contribution in [3.05, 3.63) is 50.6 Å². The molecule has 3 heterocycles. The number of rotatable bonds is 8. The summed E-state index contributed by atoms with van der Waals surface area (Å²) in [6.07, 6.45) is 0. The Hall–Kier alpha value is -2.45. The fourth-order valence-corrected chi connectivity index (χ4v) is 4.54. The lowest BCUT2D eigenvalue weighted by molar-refractivity contribution is -0.129. The van der Waals surface area contributed by atoms with Gasteiger partial charge in [-0.3, -0.25) is 9.59 Å². The van der Waals surface area contributed by atoms with Crippen molar-refractivity contribution in [1.82, 2.24) is 14.8 Å². The number of hydrogen-bond acceptors (Lipinski definition) is 7. The van der Waals surface area contributed by atoms with E-state index in [0.29, 0.717) is 35.2 Å². The van der Waals surface area contributed by atoms with Gasteiger partial charge >= 0.3 is 0 Å². The zero-order valence-corrected chi connectivity index (χ0v) is 18.3. The van der Waals surface area contributed by atoms with Crippen LogP contribution in [0.25, 0.3) is 0 Å². The monoisotopic (exact) mass is 417 g/mol. The van der Waals surface area contributed by atoms with Gasteiger partial charge in [-0.15, -0.1) is 11.3 Å². The fourth-order valence-electron chi connectivity index (χ4n) is 3.67. The Morgan fingerprint density at radius 2 is 1.97 bits per heavy atom. The molecule has 0 bridgehead atoms. The molecule has 1 amide bonds. The highest BCUT2D eigenvalue weighted by Gasteiger charge is 2.45. The number of hydrogen-bond donors (Lipinski definition) is 1. The van der Waals surface area contributed by atoms with Crippen LogP contribution in [-0.4, -0.2) is 57.8 Å². The highest BCUT2D eigenvalue weighted by molar-refractivity contribution is 7.14. The molecule has 1 unspecified atom stereocenters. The number of ketones is 1. The van der Waals surface area contributed by atoms with Gasteiger partial charge in [-0.05, 0) is 46.0 Å². The van der Waals surface area contributed by atoms with E-state index in [9.17, 15) is 14.7 Å². The molecule has 0 aliphatic carbocycles. The molecule has 1 atom stereocenters. The quantitative estimate of drug-likeness (QED) is 0.661. The number of aliphatic hydroxyl groups excluding tert-OH is 1. The van der Waals surface area contributed by atoms with Crippen molar-refractivity contribution in [2.24, 2.45) is 0 Å². The van der Waals surface area contributed by atoms with Gasteiger partial charge in [0.1, 0.15) is 17.6 Å². The number of furan rings is 1. The molecule has 0 aromatic carbocycles. The van der Waals surface area contributed by atoms with E-state index in [-0.39, 0.29) is 11.4 Å². The Kier molecular flexibility index (Phi) is 6.24. The molecule has 1 aliphatic heterocycles. The predicted molar refractivity (Wildman–Crippen MR) is 111 cm³/mol. The smallest absolute Gasteiger partial charge is 0.290 e. The maximum absolute atomic E-state index is 13.3. The van der Waals surface area contributed by atoms with Crippen molar-refractivity contribution in [3.8, 4) is 0 Å². The first-order valence-electron chi connectivity index (χ1n) is 9.79. The van der Waals surface area contributed by atoms with Crippen LogP contribution in [-0.2, 0) is 4.79 Å². The first-order chi connectivity index (χ1) is 13.8. The molecule has 0 radical (unpaired) electrons. The number of aliphatic hydroxyl groups is 1. The minimum absolute atomic E-state index is 0.0654. The Morgan fingerprint density at radius 3 is 2.48 bits per heavy atom. The number of likely N-dealkylation sites (N-methyl/N-ethyl adjacent to an activating group) is 1. The summed E-state index contributed by atoms with van der Waals surface area (Å²) in [6, 6.07) is 2.80. The van der Waals surface area contributed by atoms with Crippen LogP contribution in [0.15, 0.2) is 27.9 Å². The molecule has 8 heteroatoms. The van der Waals surface area contributed by atoms with Gasteiger partial charge in [0.05, 0.1) is 21.2 Å². The highest BCUT2D eigenvalue weighted by Crippen LogP contribution is 2.40. The zero-order chi connectivity index (χ0) is 21.3. The van der Waals surface area contributed by atoms with Crippen molar-refractivity contribution in [3.63, 3.8) is 0 Å². The van der Waals surface area contributed by atoms with Crippen LogP contribution in [0.5, 0.6) is 0 Å². The molecular weight excluding hydrogens is 390 g/mol. The lowest BCUT2D eigenvalue weighted by atomic mass is 9.99. The molecular formula is C21H27N3O4S. The number of thiazole rings is 1. The second-order valence-corrected chi connectivity index (χ2v) is 8.32. The van der Waals surface area contributed by atoms with Crippen molar-refractivity contribution in [2.75, 3.05) is 26.2 Å². The predicted octanol–water partition coefficient (Wildman–Crippen LogP) is 3.58. The van der Waals surface area contributed by atoms with Gasteiger partial charge in [-0.25, -0.2) is 4.98 Å². The fraction of sp³-hybridized carbons (Fsp3) is 0.476. The normalized spacial score (nSPS) is 17.1.